The first-order chi connectivity index (χ1) is 13.8. The molecule has 2 saturated heterocycles. The van der Waals surface area contributed by atoms with Gasteiger partial charge in [0.15, 0.2) is 0 Å². The molecule has 0 bridgehead atoms. The number of hydrogen-bond acceptors (Lipinski definition) is 5. The fourth-order valence-electron chi connectivity index (χ4n) is 4.40. The van der Waals surface area contributed by atoms with Crippen LogP contribution in [0.2, 0.25) is 0 Å². The van der Waals surface area contributed by atoms with Gasteiger partial charge in [-0.25, -0.2) is 0 Å². The molecule has 2 aromatic heterocycles. The number of rotatable bonds is 5. The average molecular weight is 381 g/mol. The Hall–Kier alpha value is -2.31. The molecule has 1 unspecified atom stereocenters. The van der Waals surface area contributed by atoms with Crippen LogP contribution in [0, 0.1) is 6.92 Å². The third-order valence-electron chi connectivity index (χ3n) is 6.09. The Kier molecular flexibility index (Phi) is 4.82. The van der Waals surface area contributed by atoms with Crippen molar-refractivity contribution in [3.63, 3.8) is 0 Å². The topological polar surface area (TPSA) is 52.7 Å². The van der Waals surface area contributed by atoms with E-state index < -0.39 is 0 Å². The fourth-order valence-corrected chi connectivity index (χ4v) is 4.40. The van der Waals surface area contributed by atoms with E-state index in [9.17, 15) is 0 Å². The molecule has 0 aliphatic carbocycles. The quantitative estimate of drug-likeness (QED) is 0.670. The summed E-state index contributed by atoms with van der Waals surface area (Å²) in [5, 5.41) is 5.09. The first kappa shape index (κ1) is 17.8. The first-order valence-corrected chi connectivity index (χ1v) is 10.2. The van der Waals surface area contributed by atoms with Gasteiger partial charge in [-0.3, -0.25) is 4.90 Å². The van der Waals surface area contributed by atoms with Crippen LogP contribution in [0.1, 0.15) is 36.6 Å². The van der Waals surface area contributed by atoms with E-state index in [0.717, 1.165) is 63.6 Å². The minimum absolute atomic E-state index is 0.267. The zero-order chi connectivity index (χ0) is 18.9. The molecule has 6 nitrogen and oxygen atoms in total. The van der Waals surface area contributed by atoms with Crippen LogP contribution in [-0.4, -0.2) is 47.0 Å². The summed E-state index contributed by atoms with van der Waals surface area (Å²) >= 11 is 0. The molecule has 2 fully saturated rings. The molecule has 1 atom stereocenters. The summed E-state index contributed by atoms with van der Waals surface area (Å²) in [7, 11) is 0. The molecule has 0 saturated carbocycles. The molecule has 0 radical (unpaired) electrons. The van der Waals surface area contributed by atoms with Crippen LogP contribution in [-0.2, 0) is 11.3 Å². The lowest BCUT2D eigenvalue weighted by Gasteiger charge is -2.32. The van der Waals surface area contributed by atoms with Gasteiger partial charge in [0.05, 0.1) is 24.4 Å². The first-order valence-electron chi connectivity index (χ1n) is 10.2. The largest absolute Gasteiger partial charge is 0.490 e. The van der Waals surface area contributed by atoms with Crippen LogP contribution < -0.4 is 4.74 Å². The third-order valence-corrected chi connectivity index (χ3v) is 6.09. The normalized spacial score (nSPS) is 21.5. The lowest BCUT2D eigenvalue weighted by Crippen LogP contribution is -2.37. The maximum Gasteiger partial charge on any atom is 0.138 e. The predicted molar refractivity (Wildman–Crippen MR) is 107 cm³/mol. The number of aromatic nitrogens is 2. The Morgan fingerprint density at radius 3 is 2.82 bits per heavy atom. The fraction of sp³-hybridized carbons (Fsp3) is 0.500. The molecular formula is C22H27N3O3. The standard InChI is InChI=1S/C22H27N3O3/c1-16-17(13-23-28-16)14-24-9-5-19(6-10-24)27-22-4-2-3-21-20(22)7-11-25(21)18-8-12-26-15-18/h2-4,7,11,13,18-19H,5-6,8-10,12,14-15H2,1H3. The van der Waals surface area contributed by atoms with Crippen molar-refractivity contribution in [1.82, 2.24) is 14.6 Å². The summed E-state index contributed by atoms with van der Waals surface area (Å²) in [6.07, 6.45) is 7.44. The lowest BCUT2D eigenvalue weighted by molar-refractivity contribution is 0.0977. The molecule has 28 heavy (non-hydrogen) atoms. The highest BCUT2D eigenvalue weighted by molar-refractivity contribution is 5.86. The minimum atomic E-state index is 0.267. The molecule has 2 aliphatic heterocycles. The number of likely N-dealkylation sites (tertiary alicyclic amines) is 1. The maximum atomic E-state index is 6.45. The predicted octanol–water partition coefficient (Wildman–Crippen LogP) is 3.94. The van der Waals surface area contributed by atoms with Gasteiger partial charge in [0.25, 0.3) is 0 Å². The van der Waals surface area contributed by atoms with Crippen molar-refractivity contribution in [2.45, 2.75) is 44.9 Å². The highest BCUT2D eigenvalue weighted by Crippen LogP contribution is 2.32. The third kappa shape index (κ3) is 3.42. The second kappa shape index (κ2) is 7.60. The van der Waals surface area contributed by atoms with Crippen LogP contribution in [0.3, 0.4) is 0 Å². The van der Waals surface area contributed by atoms with Gasteiger partial charge in [-0.05, 0) is 44.4 Å². The molecule has 5 rings (SSSR count). The summed E-state index contributed by atoms with van der Waals surface area (Å²) in [6.45, 7) is 6.61. The Morgan fingerprint density at radius 1 is 1.18 bits per heavy atom. The van der Waals surface area contributed by atoms with E-state index in [0.29, 0.717) is 6.04 Å². The van der Waals surface area contributed by atoms with Gasteiger partial charge in [-0.1, -0.05) is 11.2 Å². The van der Waals surface area contributed by atoms with Crippen molar-refractivity contribution in [3.8, 4) is 5.75 Å². The average Bonchev–Trinajstić information content (AvgIpc) is 3.45. The molecule has 0 N–H and O–H groups in total. The summed E-state index contributed by atoms with van der Waals surface area (Å²) in [6, 6.07) is 9.02. The van der Waals surface area contributed by atoms with Gasteiger partial charge in [-0.2, -0.15) is 0 Å². The molecule has 1 aromatic carbocycles. The Balaban J connectivity index is 1.24. The van der Waals surface area contributed by atoms with Gasteiger partial charge in [0.2, 0.25) is 0 Å². The molecular weight excluding hydrogens is 354 g/mol. The molecule has 3 aromatic rings. The Labute approximate surface area is 165 Å². The zero-order valence-corrected chi connectivity index (χ0v) is 16.3. The van der Waals surface area contributed by atoms with Crippen molar-refractivity contribution in [3.05, 3.63) is 48.0 Å². The van der Waals surface area contributed by atoms with E-state index in [1.54, 1.807) is 0 Å². The van der Waals surface area contributed by atoms with E-state index in [1.165, 1.54) is 16.5 Å². The second-order valence-corrected chi connectivity index (χ2v) is 7.93. The summed E-state index contributed by atoms with van der Waals surface area (Å²) < 4.78 is 19.5. The number of ether oxygens (including phenoxy) is 2. The highest BCUT2D eigenvalue weighted by Gasteiger charge is 2.23. The maximum absolute atomic E-state index is 6.45. The molecule has 4 heterocycles. The van der Waals surface area contributed by atoms with E-state index >= 15 is 0 Å². The summed E-state index contributed by atoms with van der Waals surface area (Å²) in [5.74, 6) is 1.92. The summed E-state index contributed by atoms with van der Waals surface area (Å²) in [5.41, 5.74) is 2.43. The van der Waals surface area contributed by atoms with Gasteiger partial charge in [-0.15, -0.1) is 0 Å². The number of fused-ring (bicyclic) bond motifs is 1. The zero-order valence-electron chi connectivity index (χ0n) is 16.3. The van der Waals surface area contributed by atoms with Crippen LogP contribution >= 0.6 is 0 Å². The number of piperidine rings is 1. The van der Waals surface area contributed by atoms with Crippen LogP contribution in [0.15, 0.2) is 41.2 Å². The molecule has 2 aliphatic rings. The molecule has 6 heteroatoms. The summed E-state index contributed by atoms with van der Waals surface area (Å²) in [4.78, 5) is 2.45. The van der Waals surface area contributed by atoms with Crippen molar-refractivity contribution in [2.24, 2.45) is 0 Å². The van der Waals surface area contributed by atoms with Crippen LogP contribution in [0.5, 0.6) is 5.75 Å². The van der Waals surface area contributed by atoms with Crippen molar-refractivity contribution in [2.75, 3.05) is 26.3 Å². The number of benzene rings is 1. The van der Waals surface area contributed by atoms with Crippen molar-refractivity contribution >= 4 is 10.9 Å². The monoisotopic (exact) mass is 381 g/mol. The van der Waals surface area contributed by atoms with Crippen molar-refractivity contribution < 1.29 is 14.0 Å². The number of aryl methyl sites for hydroxylation is 1. The Bertz CT molecular complexity index is 934. The highest BCUT2D eigenvalue weighted by atomic mass is 16.5. The molecule has 0 spiro atoms. The lowest BCUT2D eigenvalue weighted by atomic mass is 10.1. The van der Waals surface area contributed by atoms with Gasteiger partial charge < -0.3 is 18.6 Å². The molecule has 148 valence electrons. The second-order valence-electron chi connectivity index (χ2n) is 7.93. The van der Waals surface area contributed by atoms with Gasteiger partial charge in [0, 0.05) is 43.4 Å². The van der Waals surface area contributed by atoms with Crippen molar-refractivity contribution in [1.29, 1.82) is 0 Å². The Morgan fingerprint density at radius 2 is 2.07 bits per heavy atom. The number of nitrogens with zero attached hydrogens (tertiary/aromatic N) is 3. The van der Waals surface area contributed by atoms with E-state index in [2.05, 4.69) is 45.1 Å². The van der Waals surface area contributed by atoms with E-state index in [4.69, 9.17) is 14.0 Å². The minimum Gasteiger partial charge on any atom is -0.490 e. The smallest absolute Gasteiger partial charge is 0.138 e. The van der Waals surface area contributed by atoms with Crippen LogP contribution in [0.25, 0.3) is 10.9 Å². The van der Waals surface area contributed by atoms with E-state index in [1.807, 2.05) is 13.1 Å². The molecule has 0 amide bonds. The van der Waals surface area contributed by atoms with Gasteiger partial charge >= 0.3 is 0 Å². The number of hydrogen-bond donors (Lipinski definition) is 0. The SMILES string of the molecule is Cc1oncc1CN1CCC(Oc2cccc3c2ccn3C2CCOC2)CC1. The van der Waals surface area contributed by atoms with E-state index in [-0.39, 0.29) is 6.10 Å². The van der Waals surface area contributed by atoms with Crippen LogP contribution in [0.4, 0.5) is 0 Å². The van der Waals surface area contributed by atoms with Gasteiger partial charge in [0.1, 0.15) is 17.6 Å².